The number of amides is 4. The molecule has 0 aliphatic carbocycles. The van der Waals surface area contributed by atoms with E-state index in [9.17, 15) is 18.6 Å². The van der Waals surface area contributed by atoms with E-state index in [2.05, 4.69) is 19.7 Å². The molecule has 9 nitrogen and oxygen atoms in total. The van der Waals surface area contributed by atoms with Crippen LogP contribution in [-0.4, -0.2) is 40.4 Å². The summed E-state index contributed by atoms with van der Waals surface area (Å²) in [6.45, 7) is 10.8. The van der Waals surface area contributed by atoms with Gasteiger partial charge in [0.05, 0.1) is 5.02 Å². The number of halogens is 1. The number of nitrogens with one attached hydrogen (secondary N) is 3. The van der Waals surface area contributed by atoms with Crippen molar-refractivity contribution in [1.82, 2.24) is 15.4 Å². The first kappa shape index (κ1) is 26.2. The Morgan fingerprint density at radius 3 is 2.40 bits per heavy atom. The summed E-state index contributed by atoms with van der Waals surface area (Å²) < 4.78 is 24.8. The van der Waals surface area contributed by atoms with Crippen LogP contribution in [0.4, 0.5) is 9.59 Å². The van der Waals surface area contributed by atoms with E-state index in [1.165, 1.54) is 11.4 Å². The van der Waals surface area contributed by atoms with Crippen LogP contribution in [0.3, 0.4) is 0 Å². The standard InChI is InChI=1S/C18H29ClN4O5S2/c1-7-20-16(25)23-30(27,14-9-12(19)10-29-14)22-15(24)13(8-11(2)3)21-17(26)28-18(4,5)6/h9-11,13H,7-8H2,1-6H3,(H,21,26)(H2,20,22,23,24,25,27)/t13-,30?/m0/s1. The van der Waals surface area contributed by atoms with Crippen LogP contribution in [0, 0.1) is 5.92 Å². The van der Waals surface area contributed by atoms with Crippen LogP contribution in [0.15, 0.2) is 20.0 Å². The van der Waals surface area contributed by atoms with Gasteiger partial charge in [0, 0.05) is 11.9 Å². The molecule has 0 bridgehead atoms. The predicted molar refractivity (Wildman–Crippen MR) is 118 cm³/mol. The summed E-state index contributed by atoms with van der Waals surface area (Å²) in [6, 6.07) is -0.452. The van der Waals surface area contributed by atoms with E-state index < -0.39 is 39.6 Å². The molecule has 1 unspecified atom stereocenters. The van der Waals surface area contributed by atoms with E-state index >= 15 is 0 Å². The minimum absolute atomic E-state index is 0.0210. The predicted octanol–water partition coefficient (Wildman–Crippen LogP) is 3.93. The van der Waals surface area contributed by atoms with E-state index in [-0.39, 0.29) is 23.1 Å². The summed E-state index contributed by atoms with van der Waals surface area (Å²) in [5, 5.41) is 6.75. The Bertz CT molecular complexity index is 885. The van der Waals surface area contributed by atoms with E-state index in [0.29, 0.717) is 5.02 Å². The first-order valence-electron chi connectivity index (χ1n) is 9.36. The molecule has 0 fully saturated rings. The highest BCUT2D eigenvalue weighted by Gasteiger charge is 2.28. The second-order valence-corrected chi connectivity index (χ2v) is 11.3. The highest BCUT2D eigenvalue weighted by Crippen LogP contribution is 2.25. The summed E-state index contributed by atoms with van der Waals surface area (Å²) in [6.07, 6.45) is -0.553. The SMILES string of the molecule is CCNC(=O)NS(=O)(=NC(=O)[C@H](CC(C)C)NC(=O)OC(C)(C)C)c1cc(Cl)cs1. The zero-order valence-corrected chi connectivity index (χ0v) is 20.3. The van der Waals surface area contributed by atoms with Gasteiger partial charge in [-0.1, -0.05) is 25.4 Å². The number of ether oxygens (including phenoxy) is 1. The molecule has 0 radical (unpaired) electrons. The van der Waals surface area contributed by atoms with Gasteiger partial charge in [-0.15, -0.1) is 15.7 Å². The van der Waals surface area contributed by atoms with Crippen LogP contribution in [0.5, 0.6) is 0 Å². The maximum atomic E-state index is 13.4. The molecule has 0 aliphatic rings. The number of nitrogens with zero attached hydrogens (tertiary/aromatic N) is 1. The third-order valence-corrected chi connectivity index (χ3v) is 6.90. The van der Waals surface area contributed by atoms with Gasteiger partial charge in [0.25, 0.3) is 5.91 Å². The van der Waals surface area contributed by atoms with Crippen molar-refractivity contribution in [2.75, 3.05) is 6.54 Å². The lowest BCUT2D eigenvalue weighted by Gasteiger charge is -2.23. The van der Waals surface area contributed by atoms with Crippen molar-refractivity contribution in [3.05, 3.63) is 16.5 Å². The van der Waals surface area contributed by atoms with Crippen molar-refractivity contribution < 1.29 is 23.3 Å². The van der Waals surface area contributed by atoms with Crippen molar-refractivity contribution in [1.29, 1.82) is 0 Å². The maximum absolute atomic E-state index is 13.4. The molecule has 30 heavy (non-hydrogen) atoms. The van der Waals surface area contributed by atoms with Gasteiger partial charge in [-0.05, 0) is 46.1 Å². The van der Waals surface area contributed by atoms with Crippen LogP contribution in [0.1, 0.15) is 48.0 Å². The van der Waals surface area contributed by atoms with Crippen molar-refractivity contribution >= 4 is 50.9 Å². The molecule has 1 rings (SSSR count). The molecule has 1 heterocycles. The number of alkyl carbamates (subject to hydrolysis) is 1. The number of urea groups is 1. The van der Waals surface area contributed by atoms with Crippen LogP contribution in [0.2, 0.25) is 5.02 Å². The van der Waals surface area contributed by atoms with E-state index in [1.807, 2.05) is 13.8 Å². The molecule has 1 aromatic rings. The Morgan fingerprint density at radius 2 is 1.93 bits per heavy atom. The van der Waals surface area contributed by atoms with Gasteiger partial charge >= 0.3 is 12.1 Å². The molecule has 3 N–H and O–H groups in total. The zero-order valence-electron chi connectivity index (χ0n) is 17.9. The van der Waals surface area contributed by atoms with Crippen molar-refractivity contribution in [3.8, 4) is 0 Å². The van der Waals surface area contributed by atoms with Crippen LogP contribution >= 0.6 is 22.9 Å². The van der Waals surface area contributed by atoms with Gasteiger partial charge in [0.15, 0.2) is 9.92 Å². The average molecular weight is 481 g/mol. The molecule has 12 heteroatoms. The number of carbonyl (C=O) groups excluding carboxylic acids is 3. The van der Waals surface area contributed by atoms with E-state index in [4.69, 9.17) is 16.3 Å². The number of hydrogen-bond donors (Lipinski definition) is 3. The summed E-state index contributed by atoms with van der Waals surface area (Å²) in [5.41, 5.74) is -0.756. The molecular formula is C18H29ClN4O5S2. The normalized spacial score (nSPS) is 14.4. The molecule has 1 aromatic heterocycles. The lowest BCUT2D eigenvalue weighted by atomic mass is 10.0. The van der Waals surface area contributed by atoms with Crippen LogP contribution in [-0.2, 0) is 19.4 Å². The largest absolute Gasteiger partial charge is 0.444 e. The number of thiophene rings is 1. The first-order valence-corrected chi connectivity index (χ1v) is 12.1. The lowest BCUT2D eigenvalue weighted by Crippen LogP contribution is -2.45. The molecule has 0 aromatic carbocycles. The minimum Gasteiger partial charge on any atom is -0.444 e. The Hall–Kier alpha value is -1.85. The van der Waals surface area contributed by atoms with E-state index in [1.54, 1.807) is 27.7 Å². The van der Waals surface area contributed by atoms with Gasteiger partial charge in [-0.3, -0.25) is 4.79 Å². The maximum Gasteiger partial charge on any atom is 0.408 e. The fourth-order valence-corrected chi connectivity index (χ4v) is 5.21. The molecule has 2 atom stereocenters. The first-order chi connectivity index (χ1) is 13.8. The van der Waals surface area contributed by atoms with Gasteiger partial charge in [-0.25, -0.2) is 18.5 Å². The Kier molecular flexibility index (Phi) is 9.57. The fraction of sp³-hybridized carbons (Fsp3) is 0.611. The molecule has 4 amide bonds. The molecule has 0 spiro atoms. The highest BCUT2D eigenvalue weighted by atomic mass is 35.5. The van der Waals surface area contributed by atoms with E-state index in [0.717, 1.165) is 11.3 Å². The smallest absolute Gasteiger partial charge is 0.408 e. The summed E-state index contributed by atoms with van der Waals surface area (Å²) in [7, 11) is -3.66. The Balaban J connectivity index is 3.28. The highest BCUT2D eigenvalue weighted by molar-refractivity contribution is 7.94. The summed E-state index contributed by atoms with van der Waals surface area (Å²) in [4.78, 5) is 37.1. The Labute approximate surface area is 186 Å². The van der Waals surface area contributed by atoms with Crippen LogP contribution in [0.25, 0.3) is 0 Å². The number of rotatable bonds is 7. The fourth-order valence-electron chi connectivity index (χ4n) is 2.21. The molecular weight excluding hydrogens is 452 g/mol. The van der Waals surface area contributed by atoms with Gasteiger partial charge in [0.1, 0.15) is 15.9 Å². The number of carbonyl (C=O) groups is 3. The monoisotopic (exact) mass is 480 g/mol. The van der Waals surface area contributed by atoms with Gasteiger partial charge in [-0.2, -0.15) is 0 Å². The number of hydrogen-bond acceptors (Lipinski definition) is 6. The second kappa shape index (κ2) is 11.0. The zero-order chi connectivity index (χ0) is 23.1. The minimum atomic E-state index is -3.66. The van der Waals surface area contributed by atoms with Crippen molar-refractivity contribution in [2.45, 2.75) is 63.8 Å². The molecule has 0 saturated carbocycles. The lowest BCUT2D eigenvalue weighted by molar-refractivity contribution is -0.120. The van der Waals surface area contributed by atoms with Gasteiger partial charge < -0.3 is 15.4 Å². The summed E-state index contributed by atoms with van der Waals surface area (Å²) >= 11 is 6.92. The third kappa shape index (κ3) is 8.88. The molecule has 170 valence electrons. The summed E-state index contributed by atoms with van der Waals surface area (Å²) in [5.74, 6) is -0.825. The average Bonchev–Trinajstić information content (AvgIpc) is 2.99. The third-order valence-electron chi connectivity index (χ3n) is 3.30. The van der Waals surface area contributed by atoms with Crippen molar-refractivity contribution in [2.24, 2.45) is 10.3 Å². The quantitative estimate of drug-likeness (QED) is 0.545. The molecule has 0 aliphatic heterocycles. The molecule has 0 saturated heterocycles. The topological polar surface area (TPSA) is 126 Å². The van der Waals surface area contributed by atoms with Crippen molar-refractivity contribution in [3.63, 3.8) is 0 Å². The second-order valence-electron chi connectivity index (χ2n) is 7.83. The van der Waals surface area contributed by atoms with Gasteiger partial charge in [0.2, 0.25) is 0 Å². The van der Waals surface area contributed by atoms with Crippen LogP contribution < -0.4 is 15.4 Å². The Morgan fingerprint density at radius 1 is 1.30 bits per heavy atom.